The minimum absolute atomic E-state index is 0.0657. The Morgan fingerprint density at radius 2 is 1.76 bits per heavy atom. The van der Waals surface area contributed by atoms with Gasteiger partial charge in [0.1, 0.15) is 5.82 Å². The number of amides is 2. The Bertz CT molecular complexity index is 1070. The van der Waals surface area contributed by atoms with E-state index in [1.807, 2.05) is 0 Å². The van der Waals surface area contributed by atoms with E-state index in [0.29, 0.717) is 17.1 Å². The molecule has 29 heavy (non-hydrogen) atoms. The van der Waals surface area contributed by atoms with Crippen molar-refractivity contribution in [1.82, 2.24) is 20.8 Å². The molecular weight excluding hydrogens is 383 g/mol. The normalized spacial score (nSPS) is 11.9. The number of benzene rings is 2. The summed E-state index contributed by atoms with van der Waals surface area (Å²) in [4.78, 5) is 28.1. The molecule has 1 aliphatic rings. The molecule has 0 saturated heterocycles. The lowest BCUT2D eigenvalue weighted by atomic mass is 10.2. The molecule has 148 valence electrons. The molecule has 0 spiro atoms. The second-order valence-corrected chi connectivity index (χ2v) is 5.98. The largest absolute Gasteiger partial charge is 0.454 e. The SMILES string of the molecule is O=C(NCCNC(=O)c1ccccc1F)c1nc(-c2ccc3c(c2)OCO3)no1. The molecule has 0 bridgehead atoms. The first-order valence-corrected chi connectivity index (χ1v) is 8.66. The number of fused-ring (bicyclic) bond motifs is 1. The minimum Gasteiger partial charge on any atom is -0.454 e. The van der Waals surface area contributed by atoms with Crippen LogP contribution in [0.3, 0.4) is 0 Å². The quantitative estimate of drug-likeness (QED) is 0.608. The van der Waals surface area contributed by atoms with Crippen LogP contribution in [-0.2, 0) is 0 Å². The molecule has 10 heteroatoms. The Morgan fingerprint density at radius 3 is 2.59 bits per heavy atom. The smallest absolute Gasteiger partial charge is 0.316 e. The number of halogens is 1. The zero-order valence-corrected chi connectivity index (χ0v) is 15.0. The van der Waals surface area contributed by atoms with Crippen LogP contribution in [0.2, 0.25) is 0 Å². The van der Waals surface area contributed by atoms with Gasteiger partial charge < -0.3 is 24.6 Å². The van der Waals surface area contributed by atoms with Gasteiger partial charge >= 0.3 is 11.8 Å². The van der Waals surface area contributed by atoms with Crippen LogP contribution in [0.5, 0.6) is 11.5 Å². The second kappa shape index (κ2) is 7.97. The van der Waals surface area contributed by atoms with Crippen molar-refractivity contribution in [2.75, 3.05) is 19.9 Å². The molecule has 2 amide bonds. The van der Waals surface area contributed by atoms with Gasteiger partial charge in [-0.25, -0.2) is 4.39 Å². The number of ether oxygens (including phenoxy) is 2. The first-order chi connectivity index (χ1) is 14.1. The van der Waals surface area contributed by atoms with E-state index in [2.05, 4.69) is 20.8 Å². The van der Waals surface area contributed by atoms with Crippen molar-refractivity contribution in [2.45, 2.75) is 0 Å². The number of nitrogens with zero attached hydrogens (tertiary/aromatic N) is 2. The van der Waals surface area contributed by atoms with E-state index in [4.69, 9.17) is 14.0 Å². The van der Waals surface area contributed by atoms with Gasteiger partial charge in [0.15, 0.2) is 11.5 Å². The highest BCUT2D eigenvalue weighted by atomic mass is 19.1. The summed E-state index contributed by atoms with van der Waals surface area (Å²) in [5.41, 5.74) is 0.540. The average Bonchev–Trinajstić information content (AvgIpc) is 3.40. The predicted molar refractivity (Wildman–Crippen MR) is 96.9 cm³/mol. The average molecular weight is 398 g/mol. The van der Waals surface area contributed by atoms with Crippen LogP contribution < -0.4 is 20.1 Å². The van der Waals surface area contributed by atoms with Crippen molar-refractivity contribution in [1.29, 1.82) is 0 Å². The van der Waals surface area contributed by atoms with Gasteiger partial charge in [0.05, 0.1) is 5.56 Å². The molecular formula is C19H15FN4O5. The molecule has 1 aromatic heterocycles. The summed E-state index contributed by atoms with van der Waals surface area (Å²) in [6, 6.07) is 10.8. The summed E-state index contributed by atoms with van der Waals surface area (Å²) in [7, 11) is 0. The number of carbonyl (C=O) groups excluding carboxylic acids is 2. The van der Waals surface area contributed by atoms with E-state index >= 15 is 0 Å². The van der Waals surface area contributed by atoms with Crippen molar-refractivity contribution >= 4 is 11.8 Å². The summed E-state index contributed by atoms with van der Waals surface area (Å²) in [5, 5.41) is 8.84. The van der Waals surface area contributed by atoms with E-state index in [1.54, 1.807) is 24.3 Å². The zero-order valence-electron chi connectivity index (χ0n) is 15.0. The zero-order chi connectivity index (χ0) is 20.2. The maximum Gasteiger partial charge on any atom is 0.316 e. The number of nitrogens with one attached hydrogen (secondary N) is 2. The summed E-state index contributed by atoms with van der Waals surface area (Å²) in [6.07, 6.45) is 0. The maximum absolute atomic E-state index is 13.5. The van der Waals surface area contributed by atoms with Crippen LogP contribution >= 0.6 is 0 Å². The number of hydrogen-bond donors (Lipinski definition) is 2. The van der Waals surface area contributed by atoms with Gasteiger partial charge in [0, 0.05) is 18.7 Å². The summed E-state index contributed by atoms with van der Waals surface area (Å²) >= 11 is 0. The number of hydrogen-bond acceptors (Lipinski definition) is 7. The topological polar surface area (TPSA) is 116 Å². The number of rotatable bonds is 6. The molecule has 1 aliphatic heterocycles. The number of carbonyl (C=O) groups is 2. The van der Waals surface area contributed by atoms with Gasteiger partial charge in [-0.2, -0.15) is 4.98 Å². The Hall–Kier alpha value is -3.95. The fourth-order valence-corrected chi connectivity index (χ4v) is 2.64. The van der Waals surface area contributed by atoms with Crippen molar-refractivity contribution in [2.24, 2.45) is 0 Å². The van der Waals surface area contributed by atoms with Crippen LogP contribution in [0.15, 0.2) is 47.0 Å². The van der Waals surface area contributed by atoms with E-state index in [9.17, 15) is 14.0 Å². The third-order valence-corrected chi connectivity index (χ3v) is 4.07. The van der Waals surface area contributed by atoms with Gasteiger partial charge in [-0.05, 0) is 30.3 Å². The monoisotopic (exact) mass is 398 g/mol. The second-order valence-electron chi connectivity index (χ2n) is 5.98. The lowest BCUT2D eigenvalue weighted by Gasteiger charge is -2.06. The summed E-state index contributed by atoms with van der Waals surface area (Å²) in [6.45, 7) is 0.342. The lowest BCUT2D eigenvalue weighted by molar-refractivity contribution is 0.0897. The van der Waals surface area contributed by atoms with Crippen LogP contribution in [-0.4, -0.2) is 41.8 Å². The summed E-state index contributed by atoms with van der Waals surface area (Å²) < 4.78 is 29.1. The molecule has 9 nitrogen and oxygen atoms in total. The molecule has 2 heterocycles. The molecule has 0 radical (unpaired) electrons. The van der Waals surface area contributed by atoms with E-state index < -0.39 is 17.6 Å². The maximum atomic E-state index is 13.5. The highest BCUT2D eigenvalue weighted by Gasteiger charge is 2.19. The standard InChI is InChI=1S/C19H15FN4O5/c20-13-4-2-1-3-12(13)17(25)21-7-8-22-18(26)19-23-16(24-29-19)11-5-6-14-15(9-11)28-10-27-14/h1-6,9H,7-8,10H2,(H,21,25)(H,22,26). The Morgan fingerprint density at radius 1 is 1.00 bits per heavy atom. The summed E-state index contributed by atoms with van der Waals surface area (Å²) in [5.74, 6) is -0.600. The molecule has 0 fully saturated rings. The molecule has 0 atom stereocenters. The Kier molecular flexibility index (Phi) is 5.06. The highest BCUT2D eigenvalue weighted by Crippen LogP contribution is 2.35. The Balaban J connectivity index is 1.30. The van der Waals surface area contributed by atoms with E-state index in [0.717, 1.165) is 0 Å². The third kappa shape index (κ3) is 4.00. The molecule has 0 saturated carbocycles. The van der Waals surface area contributed by atoms with Gasteiger partial charge in [-0.15, -0.1) is 0 Å². The van der Waals surface area contributed by atoms with Crippen LogP contribution in [0.4, 0.5) is 4.39 Å². The fraction of sp³-hybridized carbons (Fsp3) is 0.158. The minimum atomic E-state index is -0.615. The van der Waals surface area contributed by atoms with Crippen LogP contribution in [0, 0.1) is 5.82 Å². The van der Waals surface area contributed by atoms with Crippen LogP contribution in [0.25, 0.3) is 11.4 Å². The van der Waals surface area contributed by atoms with Gasteiger partial charge in [0.25, 0.3) is 5.91 Å². The van der Waals surface area contributed by atoms with E-state index in [-0.39, 0.29) is 37.2 Å². The molecule has 2 aromatic carbocycles. The lowest BCUT2D eigenvalue weighted by Crippen LogP contribution is -2.35. The first-order valence-electron chi connectivity index (χ1n) is 8.66. The molecule has 4 rings (SSSR count). The van der Waals surface area contributed by atoms with Gasteiger partial charge in [0.2, 0.25) is 12.6 Å². The van der Waals surface area contributed by atoms with Gasteiger partial charge in [-0.1, -0.05) is 17.3 Å². The van der Waals surface area contributed by atoms with Gasteiger partial charge in [-0.3, -0.25) is 9.59 Å². The number of aromatic nitrogens is 2. The molecule has 0 unspecified atom stereocenters. The van der Waals surface area contributed by atoms with Crippen molar-refractivity contribution in [3.63, 3.8) is 0 Å². The fourth-order valence-electron chi connectivity index (χ4n) is 2.64. The van der Waals surface area contributed by atoms with Crippen molar-refractivity contribution in [3.05, 3.63) is 59.7 Å². The molecule has 0 aliphatic carbocycles. The van der Waals surface area contributed by atoms with Crippen LogP contribution in [0.1, 0.15) is 21.0 Å². The molecule has 3 aromatic rings. The Labute approximate surface area is 163 Å². The first kappa shape index (κ1) is 18.4. The predicted octanol–water partition coefficient (Wildman–Crippen LogP) is 1.76. The van der Waals surface area contributed by atoms with E-state index in [1.165, 1.54) is 18.2 Å². The van der Waals surface area contributed by atoms with Crippen molar-refractivity contribution < 1.29 is 28.0 Å². The highest BCUT2D eigenvalue weighted by molar-refractivity contribution is 5.94. The molecule has 2 N–H and O–H groups in total. The van der Waals surface area contributed by atoms with Crippen molar-refractivity contribution in [3.8, 4) is 22.9 Å². The third-order valence-electron chi connectivity index (χ3n) is 4.07.